The third-order valence-electron chi connectivity index (χ3n) is 3.76. The number of benzene rings is 2. The van der Waals surface area contributed by atoms with Crippen LogP contribution in [-0.2, 0) is 11.2 Å². The van der Waals surface area contributed by atoms with Crippen LogP contribution in [0.3, 0.4) is 0 Å². The number of aryl methyl sites for hydroxylation is 3. The van der Waals surface area contributed by atoms with E-state index in [1.54, 1.807) is 6.20 Å². The van der Waals surface area contributed by atoms with E-state index in [1.807, 2.05) is 62.4 Å². The second kappa shape index (κ2) is 7.13. The molecule has 1 aromatic heterocycles. The maximum Gasteiger partial charge on any atom is 0.224 e. The molecule has 4 nitrogen and oxygen atoms in total. The van der Waals surface area contributed by atoms with Crippen molar-refractivity contribution in [2.45, 2.75) is 26.7 Å². The van der Waals surface area contributed by atoms with Crippen molar-refractivity contribution in [2.24, 2.45) is 0 Å². The zero-order valence-electron chi connectivity index (χ0n) is 13.9. The van der Waals surface area contributed by atoms with Gasteiger partial charge >= 0.3 is 0 Å². The van der Waals surface area contributed by atoms with Crippen molar-refractivity contribution < 1.29 is 9.21 Å². The predicted molar refractivity (Wildman–Crippen MR) is 94.8 cm³/mol. The monoisotopic (exact) mass is 320 g/mol. The van der Waals surface area contributed by atoms with Gasteiger partial charge in [0.1, 0.15) is 0 Å². The number of carbonyl (C=O) groups excluding carboxylic acids is 1. The lowest BCUT2D eigenvalue weighted by molar-refractivity contribution is -0.116. The molecule has 0 atom stereocenters. The summed E-state index contributed by atoms with van der Waals surface area (Å²) in [6.07, 6.45) is 2.52. The number of nitrogens with one attached hydrogen (secondary N) is 1. The number of anilines is 1. The summed E-state index contributed by atoms with van der Waals surface area (Å²) < 4.78 is 5.74. The van der Waals surface area contributed by atoms with Gasteiger partial charge in [-0.15, -0.1) is 0 Å². The average Bonchev–Trinajstić information content (AvgIpc) is 3.03. The van der Waals surface area contributed by atoms with Gasteiger partial charge in [-0.25, -0.2) is 4.98 Å². The molecule has 0 spiro atoms. The van der Waals surface area contributed by atoms with Crippen molar-refractivity contribution in [3.05, 3.63) is 71.7 Å². The molecule has 2 aromatic carbocycles. The highest BCUT2D eigenvalue weighted by Gasteiger charge is 2.09. The normalized spacial score (nSPS) is 10.6. The van der Waals surface area contributed by atoms with Crippen molar-refractivity contribution in [1.82, 2.24) is 4.98 Å². The minimum Gasteiger partial charge on any atom is -0.441 e. The lowest BCUT2D eigenvalue weighted by Crippen LogP contribution is -2.12. The Kier molecular flexibility index (Phi) is 4.75. The van der Waals surface area contributed by atoms with E-state index in [-0.39, 0.29) is 5.91 Å². The quantitative estimate of drug-likeness (QED) is 0.751. The Morgan fingerprint density at radius 2 is 1.88 bits per heavy atom. The lowest BCUT2D eigenvalue weighted by atomic mass is 10.1. The number of carbonyl (C=O) groups is 1. The van der Waals surface area contributed by atoms with Gasteiger partial charge in [0.2, 0.25) is 5.91 Å². The molecule has 3 aromatic rings. The maximum atomic E-state index is 12.0. The summed E-state index contributed by atoms with van der Waals surface area (Å²) in [6.45, 7) is 4.04. The number of rotatable bonds is 5. The molecule has 0 unspecified atom stereocenters. The molecule has 1 amide bonds. The third kappa shape index (κ3) is 4.10. The van der Waals surface area contributed by atoms with Gasteiger partial charge < -0.3 is 9.73 Å². The van der Waals surface area contributed by atoms with Crippen LogP contribution in [0.25, 0.3) is 11.3 Å². The van der Waals surface area contributed by atoms with Gasteiger partial charge in [0.05, 0.1) is 6.20 Å². The topological polar surface area (TPSA) is 55.1 Å². The van der Waals surface area contributed by atoms with Crippen LogP contribution in [0.1, 0.15) is 23.4 Å². The van der Waals surface area contributed by atoms with Crippen LogP contribution in [-0.4, -0.2) is 10.9 Å². The summed E-state index contributed by atoms with van der Waals surface area (Å²) in [5.41, 5.74) is 4.12. The van der Waals surface area contributed by atoms with Gasteiger partial charge in [0.15, 0.2) is 11.7 Å². The highest BCUT2D eigenvalue weighted by molar-refractivity contribution is 5.90. The van der Waals surface area contributed by atoms with Crippen molar-refractivity contribution >= 4 is 11.6 Å². The van der Waals surface area contributed by atoms with Crippen molar-refractivity contribution in [2.75, 3.05) is 5.32 Å². The Morgan fingerprint density at radius 3 is 2.62 bits per heavy atom. The van der Waals surface area contributed by atoms with Crippen LogP contribution >= 0.6 is 0 Å². The first-order chi connectivity index (χ1) is 11.6. The summed E-state index contributed by atoms with van der Waals surface area (Å²) in [6, 6.07) is 15.8. The van der Waals surface area contributed by atoms with Crippen molar-refractivity contribution in [3.63, 3.8) is 0 Å². The molecule has 0 radical (unpaired) electrons. The summed E-state index contributed by atoms with van der Waals surface area (Å²) in [5.74, 6) is 1.25. The van der Waals surface area contributed by atoms with Crippen LogP contribution in [0.15, 0.2) is 59.1 Å². The van der Waals surface area contributed by atoms with E-state index in [2.05, 4.69) is 10.3 Å². The highest BCUT2D eigenvalue weighted by atomic mass is 16.4. The summed E-state index contributed by atoms with van der Waals surface area (Å²) in [4.78, 5) is 16.3. The molecule has 0 aliphatic rings. The van der Waals surface area contributed by atoms with Crippen molar-refractivity contribution in [1.29, 1.82) is 0 Å². The fraction of sp³-hybridized carbons (Fsp3) is 0.200. The largest absolute Gasteiger partial charge is 0.441 e. The highest BCUT2D eigenvalue weighted by Crippen LogP contribution is 2.21. The molecule has 0 aliphatic carbocycles. The summed E-state index contributed by atoms with van der Waals surface area (Å²) in [5, 5.41) is 2.89. The molecule has 24 heavy (non-hydrogen) atoms. The lowest BCUT2D eigenvalue weighted by Gasteiger charge is -2.05. The zero-order valence-corrected chi connectivity index (χ0v) is 13.9. The van der Waals surface area contributed by atoms with Crippen LogP contribution in [0.2, 0.25) is 0 Å². The SMILES string of the molecule is Cc1ccc(-c2cnc(CCC(=O)Nc3cccc(C)c3)o2)cc1. The predicted octanol–water partition coefficient (Wildman–Crippen LogP) is 4.53. The number of aromatic nitrogens is 1. The van der Waals surface area contributed by atoms with E-state index in [1.165, 1.54) is 5.56 Å². The standard InChI is InChI=1S/C20H20N2O2/c1-14-6-8-16(9-7-14)18-13-21-20(24-18)11-10-19(23)22-17-5-3-4-15(2)12-17/h3-9,12-13H,10-11H2,1-2H3,(H,22,23). The molecular formula is C20H20N2O2. The van der Waals surface area contributed by atoms with Gasteiger partial charge in [0, 0.05) is 24.1 Å². The van der Waals surface area contributed by atoms with E-state index in [0.717, 1.165) is 22.6 Å². The molecule has 0 saturated heterocycles. The Balaban J connectivity index is 1.57. The van der Waals surface area contributed by atoms with Crippen LogP contribution in [0.4, 0.5) is 5.69 Å². The smallest absolute Gasteiger partial charge is 0.224 e. The van der Waals surface area contributed by atoms with E-state index in [4.69, 9.17) is 4.42 Å². The number of hydrogen-bond donors (Lipinski definition) is 1. The Labute approximate surface area is 141 Å². The van der Waals surface area contributed by atoms with Gasteiger partial charge in [-0.2, -0.15) is 0 Å². The van der Waals surface area contributed by atoms with Gasteiger partial charge in [-0.05, 0) is 31.5 Å². The number of amides is 1. The fourth-order valence-electron chi connectivity index (χ4n) is 2.44. The van der Waals surface area contributed by atoms with Gasteiger partial charge in [-0.3, -0.25) is 4.79 Å². The van der Waals surface area contributed by atoms with Gasteiger partial charge in [0.25, 0.3) is 0 Å². The molecule has 3 rings (SSSR count). The Morgan fingerprint density at radius 1 is 1.08 bits per heavy atom. The zero-order chi connectivity index (χ0) is 16.9. The minimum absolute atomic E-state index is 0.0457. The Hall–Kier alpha value is -2.88. The van der Waals surface area contributed by atoms with Crippen LogP contribution in [0, 0.1) is 13.8 Å². The van der Waals surface area contributed by atoms with Crippen LogP contribution < -0.4 is 5.32 Å². The first kappa shape index (κ1) is 16.0. The molecule has 1 heterocycles. The average molecular weight is 320 g/mol. The molecule has 0 bridgehead atoms. The molecule has 0 saturated carbocycles. The first-order valence-electron chi connectivity index (χ1n) is 7.98. The third-order valence-corrected chi connectivity index (χ3v) is 3.76. The molecule has 0 aliphatic heterocycles. The fourth-order valence-corrected chi connectivity index (χ4v) is 2.44. The van der Waals surface area contributed by atoms with Crippen LogP contribution in [0.5, 0.6) is 0 Å². The number of hydrogen-bond acceptors (Lipinski definition) is 3. The molecular weight excluding hydrogens is 300 g/mol. The second-order valence-electron chi connectivity index (χ2n) is 5.90. The van der Waals surface area contributed by atoms with E-state index >= 15 is 0 Å². The molecule has 4 heteroatoms. The second-order valence-corrected chi connectivity index (χ2v) is 5.90. The maximum absolute atomic E-state index is 12.0. The Bertz CT molecular complexity index is 835. The molecule has 1 N–H and O–H groups in total. The summed E-state index contributed by atoms with van der Waals surface area (Å²) in [7, 11) is 0. The van der Waals surface area contributed by atoms with Crippen molar-refractivity contribution in [3.8, 4) is 11.3 Å². The number of nitrogens with zero attached hydrogens (tertiary/aromatic N) is 1. The first-order valence-corrected chi connectivity index (χ1v) is 7.98. The number of oxazole rings is 1. The van der Waals surface area contributed by atoms with E-state index in [9.17, 15) is 4.79 Å². The molecule has 0 fully saturated rings. The van der Waals surface area contributed by atoms with Gasteiger partial charge in [-0.1, -0.05) is 42.0 Å². The summed E-state index contributed by atoms with van der Waals surface area (Å²) >= 11 is 0. The minimum atomic E-state index is -0.0457. The molecule has 122 valence electrons. The van der Waals surface area contributed by atoms with E-state index < -0.39 is 0 Å². The van der Waals surface area contributed by atoms with E-state index in [0.29, 0.717) is 18.7 Å².